The van der Waals surface area contributed by atoms with Crippen LogP contribution in [-0.4, -0.2) is 77.7 Å². The van der Waals surface area contributed by atoms with Gasteiger partial charge in [0.05, 0.1) is 0 Å². The van der Waals surface area contributed by atoms with Gasteiger partial charge in [-0.1, -0.05) is 0 Å². The Morgan fingerprint density at radius 1 is 1.27 bits per heavy atom. The molecule has 0 aliphatic carbocycles. The van der Waals surface area contributed by atoms with Crippen LogP contribution in [0.2, 0.25) is 0 Å². The second-order valence-electron chi connectivity index (χ2n) is 0.674. The average Bonchev–Trinajstić information content (AvgIpc) is 1.19. The van der Waals surface area contributed by atoms with Gasteiger partial charge in [-0.3, -0.25) is 8.42 Å². The van der Waals surface area contributed by atoms with Gasteiger partial charge in [-0.25, -0.2) is 0 Å². The Labute approximate surface area is 125 Å². The van der Waals surface area contributed by atoms with Gasteiger partial charge in [0.2, 0.25) is 6.16 Å². The summed E-state index contributed by atoms with van der Waals surface area (Å²) in [5.74, 6) is 0. The molecule has 0 aromatic rings. The number of hydrogen-bond acceptors (Lipinski definition) is 6. The average molecular weight is 317 g/mol. The molecule has 0 aromatic carbocycles. The Balaban J connectivity index is -0.0000000383. The first kappa shape index (κ1) is 23.0. The Morgan fingerprint density at radius 3 is 1.27 bits per heavy atom. The molecule has 0 aromatic heterocycles. The summed E-state index contributed by atoms with van der Waals surface area (Å²) in [7, 11) is -5.17. The van der Waals surface area contributed by atoms with Gasteiger partial charge in [0.25, 0.3) is 0 Å². The fourth-order valence-electron chi connectivity index (χ4n) is 0. The van der Waals surface area contributed by atoms with Crippen molar-refractivity contribution in [3.05, 3.63) is 0 Å². The number of carboxylic acid groups (broad SMARTS) is 2. The van der Waals surface area contributed by atoms with E-state index in [9.17, 15) is 0 Å². The first-order valence-corrected chi connectivity index (χ1v) is 2.63. The molecule has 0 rings (SSSR count). The van der Waals surface area contributed by atoms with Crippen molar-refractivity contribution in [2.45, 2.75) is 0 Å². The van der Waals surface area contributed by atoms with Crippen LogP contribution in [0.4, 0.5) is 4.79 Å². The minimum absolute atomic E-state index is 0. The molecular weight excluding hydrogens is 316 g/mol. The summed E-state index contributed by atoms with van der Waals surface area (Å²) in [5.41, 5.74) is 0. The van der Waals surface area contributed by atoms with E-state index in [-0.39, 0.29) is 78.4 Å². The molecule has 0 heterocycles. The van der Waals surface area contributed by atoms with Crippen LogP contribution in [0.25, 0.3) is 0 Å². The fraction of sp³-hybridized carbons (Fsp3) is 0. The number of carbonyl (C=O) groups is 1. The SMILES string of the molecule is O=C([O-])O.O=S(=O)([O-])[O-].[Ba+2].[Na+]. The maximum Gasteiger partial charge on any atom is 2.00 e. The normalized spacial score (nSPS) is 7.45. The summed E-state index contributed by atoms with van der Waals surface area (Å²) in [6.45, 7) is 0. The van der Waals surface area contributed by atoms with Gasteiger partial charge in [0.15, 0.2) is 0 Å². The van der Waals surface area contributed by atoms with Gasteiger partial charge in [0.1, 0.15) is 0 Å². The zero-order valence-electron chi connectivity index (χ0n) is 5.51. The predicted octanol–water partition coefficient (Wildman–Crippen LogP) is -5.83. The first-order chi connectivity index (χ1) is 3.73. The Kier molecular flexibility index (Phi) is 24.5. The van der Waals surface area contributed by atoms with E-state index in [1.807, 2.05) is 0 Å². The zero-order valence-corrected chi connectivity index (χ0v) is 12.8. The molecule has 0 aliphatic rings. The predicted molar refractivity (Wildman–Crippen MR) is 24.3 cm³/mol. The van der Waals surface area contributed by atoms with Crippen molar-refractivity contribution in [3.63, 3.8) is 0 Å². The summed E-state index contributed by atoms with van der Waals surface area (Å²) in [4.78, 5) is 8.44. The Hall–Kier alpha value is 1.71. The second-order valence-corrected chi connectivity index (χ2v) is 1.49. The van der Waals surface area contributed by atoms with Crippen molar-refractivity contribution in [3.8, 4) is 0 Å². The van der Waals surface area contributed by atoms with Crippen LogP contribution in [0.5, 0.6) is 0 Å². The topological polar surface area (TPSA) is 141 Å². The third-order valence-electron chi connectivity index (χ3n) is 0. The Bertz CT molecular complexity index is 161. The van der Waals surface area contributed by atoms with Crippen LogP contribution in [0.1, 0.15) is 0 Å². The quantitative estimate of drug-likeness (QED) is 0.266. The van der Waals surface area contributed by atoms with Gasteiger partial charge < -0.3 is 24.1 Å². The molecule has 56 valence electrons. The molecule has 0 unspecified atom stereocenters. The third-order valence-corrected chi connectivity index (χ3v) is 0. The first-order valence-electron chi connectivity index (χ1n) is 1.30. The van der Waals surface area contributed by atoms with Crippen LogP contribution in [0, 0.1) is 0 Å². The molecule has 10 heteroatoms. The van der Waals surface area contributed by atoms with Crippen molar-refractivity contribution >= 4 is 65.4 Å². The van der Waals surface area contributed by atoms with Crippen molar-refractivity contribution in [2.75, 3.05) is 0 Å². The maximum atomic E-state index is 8.52. The van der Waals surface area contributed by atoms with Gasteiger partial charge in [-0.05, 0) is 0 Å². The van der Waals surface area contributed by atoms with Crippen molar-refractivity contribution in [1.82, 2.24) is 0 Å². The molecule has 0 saturated heterocycles. The molecule has 0 fully saturated rings. The molecule has 0 aliphatic heterocycles. The second kappa shape index (κ2) is 11.7. The van der Waals surface area contributed by atoms with E-state index < -0.39 is 16.6 Å². The van der Waals surface area contributed by atoms with E-state index in [2.05, 4.69) is 0 Å². The molecule has 0 saturated carbocycles. The standard InChI is InChI=1S/CH2O3.Ba.Na.H2O4S/c2-1(3)4;;;1-5(2,3)4/h(H2,2,3,4);;;(H2,1,2,3,4)/q;+2;+1;/p-3. The van der Waals surface area contributed by atoms with Gasteiger partial charge in [0, 0.05) is 10.4 Å². The Morgan fingerprint density at radius 2 is 1.27 bits per heavy atom. The molecule has 0 amide bonds. The van der Waals surface area contributed by atoms with Crippen molar-refractivity contribution in [2.24, 2.45) is 0 Å². The van der Waals surface area contributed by atoms with Gasteiger partial charge >= 0.3 is 78.4 Å². The van der Waals surface area contributed by atoms with Crippen LogP contribution in [0.15, 0.2) is 0 Å². The molecular formula is CHBaNaO7S. The molecule has 1 N–H and O–H groups in total. The summed E-state index contributed by atoms with van der Waals surface area (Å²) in [6.07, 6.45) is -2.08. The third kappa shape index (κ3) is 377. The van der Waals surface area contributed by atoms with Gasteiger partial charge in [-0.15, -0.1) is 0 Å². The zero-order chi connectivity index (χ0) is 8.08. The van der Waals surface area contributed by atoms with Crippen LogP contribution < -0.4 is 34.7 Å². The maximum absolute atomic E-state index is 8.52. The molecule has 11 heavy (non-hydrogen) atoms. The largest absolute Gasteiger partial charge is 2.00 e. The van der Waals surface area contributed by atoms with Crippen molar-refractivity contribution in [1.29, 1.82) is 0 Å². The van der Waals surface area contributed by atoms with E-state index in [0.29, 0.717) is 0 Å². The number of rotatable bonds is 0. The molecule has 0 atom stereocenters. The van der Waals surface area contributed by atoms with Crippen LogP contribution in [0.3, 0.4) is 0 Å². The summed E-state index contributed by atoms with van der Waals surface area (Å²) in [5, 5.41) is 15.3. The molecule has 7 nitrogen and oxygen atoms in total. The minimum Gasteiger partial charge on any atom is -0.759 e. The monoisotopic (exact) mass is 318 g/mol. The van der Waals surface area contributed by atoms with E-state index >= 15 is 0 Å². The van der Waals surface area contributed by atoms with Crippen LogP contribution in [-0.2, 0) is 10.4 Å². The van der Waals surface area contributed by atoms with E-state index in [1.54, 1.807) is 0 Å². The molecule has 0 bridgehead atoms. The smallest absolute Gasteiger partial charge is 0.759 e. The van der Waals surface area contributed by atoms with Crippen molar-refractivity contribution < 1.29 is 62.1 Å². The number of hydrogen-bond donors (Lipinski definition) is 1. The summed E-state index contributed by atoms with van der Waals surface area (Å²) < 4.78 is 34.1. The minimum atomic E-state index is -5.17. The van der Waals surface area contributed by atoms with Gasteiger partial charge in [-0.2, -0.15) is 0 Å². The molecule has 0 radical (unpaired) electrons. The van der Waals surface area contributed by atoms with E-state index in [1.165, 1.54) is 0 Å². The summed E-state index contributed by atoms with van der Waals surface area (Å²) in [6, 6.07) is 0. The van der Waals surface area contributed by atoms with Crippen LogP contribution >= 0.6 is 0 Å². The van der Waals surface area contributed by atoms with E-state index in [0.717, 1.165) is 0 Å². The fourth-order valence-corrected chi connectivity index (χ4v) is 0. The summed E-state index contributed by atoms with van der Waals surface area (Å²) >= 11 is 0. The van der Waals surface area contributed by atoms with E-state index in [4.69, 9.17) is 32.5 Å². The molecule has 0 spiro atoms.